The first-order chi connectivity index (χ1) is 12.2. The molecule has 0 spiro atoms. The third-order valence-electron chi connectivity index (χ3n) is 5.79. The average Bonchev–Trinajstić information content (AvgIpc) is 3.45. The van der Waals surface area contributed by atoms with Crippen molar-refractivity contribution in [3.63, 3.8) is 0 Å². The van der Waals surface area contributed by atoms with Crippen LogP contribution in [0.4, 0.5) is 0 Å². The minimum atomic E-state index is -0.381. The van der Waals surface area contributed by atoms with Gasteiger partial charge in [0.05, 0.1) is 0 Å². The third kappa shape index (κ3) is 4.98. The van der Waals surface area contributed by atoms with Crippen LogP contribution in [0, 0.1) is 17.8 Å². The van der Waals surface area contributed by atoms with Crippen molar-refractivity contribution in [2.45, 2.75) is 77.0 Å². The summed E-state index contributed by atoms with van der Waals surface area (Å²) in [7, 11) is 0. The summed E-state index contributed by atoms with van der Waals surface area (Å²) in [5.74, 6) is 1.47. The van der Waals surface area contributed by atoms with Crippen molar-refractivity contribution in [2.75, 3.05) is 13.2 Å². The lowest BCUT2D eigenvalue weighted by molar-refractivity contribution is -0.177. The normalized spacial score (nSPS) is 30.5. The van der Waals surface area contributed by atoms with Crippen LogP contribution in [0.3, 0.4) is 0 Å². The van der Waals surface area contributed by atoms with Gasteiger partial charge in [0.2, 0.25) is 6.29 Å². The topological polar surface area (TPSA) is 67.8 Å². The van der Waals surface area contributed by atoms with E-state index in [1.807, 2.05) is 6.92 Å². The molecule has 1 heterocycles. The maximum absolute atomic E-state index is 12.5. The fourth-order valence-corrected chi connectivity index (χ4v) is 4.33. The first-order valence-corrected chi connectivity index (χ1v) is 10.1. The van der Waals surface area contributed by atoms with Crippen molar-refractivity contribution in [2.24, 2.45) is 17.8 Å². The molecular weight excluding hydrogens is 318 g/mol. The highest BCUT2D eigenvalue weighted by molar-refractivity contribution is 5.92. The van der Waals surface area contributed by atoms with Gasteiger partial charge in [-0.15, -0.1) is 0 Å². The molecule has 3 rings (SSSR count). The van der Waals surface area contributed by atoms with E-state index in [1.54, 1.807) is 0 Å². The van der Waals surface area contributed by atoms with E-state index in [2.05, 4.69) is 11.4 Å². The van der Waals surface area contributed by atoms with Gasteiger partial charge in [-0.1, -0.05) is 19.3 Å². The summed E-state index contributed by atoms with van der Waals surface area (Å²) >= 11 is 0. The molecule has 5 nitrogen and oxygen atoms in total. The van der Waals surface area contributed by atoms with E-state index in [0.29, 0.717) is 30.2 Å². The quantitative estimate of drug-likeness (QED) is 0.705. The molecule has 0 aromatic rings. The number of rotatable bonds is 8. The van der Waals surface area contributed by atoms with E-state index in [4.69, 9.17) is 9.47 Å². The zero-order valence-corrected chi connectivity index (χ0v) is 15.4. The van der Waals surface area contributed by atoms with Gasteiger partial charge in [-0.05, 0) is 63.4 Å². The molecule has 3 aliphatic rings. The number of amides is 1. The van der Waals surface area contributed by atoms with Gasteiger partial charge in [0.25, 0.3) is 5.91 Å². The highest BCUT2D eigenvalue weighted by atomic mass is 16.7. The number of ether oxygens (including phenoxy) is 2. The van der Waals surface area contributed by atoms with Crippen LogP contribution in [0.5, 0.6) is 0 Å². The minimum Gasteiger partial charge on any atom is -0.459 e. The van der Waals surface area contributed by atoms with Gasteiger partial charge in [-0.25, -0.2) is 0 Å². The molecule has 2 N–H and O–H groups in total. The van der Waals surface area contributed by atoms with E-state index < -0.39 is 0 Å². The Bertz CT molecular complexity index is 468. The number of carbonyl (C=O) groups excluding carboxylic acids is 1. The molecule has 142 valence electrons. The molecule has 25 heavy (non-hydrogen) atoms. The second kappa shape index (κ2) is 9.04. The summed E-state index contributed by atoms with van der Waals surface area (Å²) in [6, 6.07) is 0.322. The van der Waals surface area contributed by atoms with Crippen molar-refractivity contribution in [3.05, 3.63) is 11.8 Å². The van der Waals surface area contributed by atoms with Gasteiger partial charge in [0, 0.05) is 25.2 Å². The molecule has 0 aromatic heterocycles. The highest BCUT2D eigenvalue weighted by Crippen LogP contribution is 2.42. The van der Waals surface area contributed by atoms with Crippen molar-refractivity contribution in [1.82, 2.24) is 5.32 Å². The lowest BCUT2D eigenvalue weighted by Crippen LogP contribution is -2.42. The summed E-state index contributed by atoms with van der Waals surface area (Å²) in [5.41, 5.74) is 0. The van der Waals surface area contributed by atoms with Gasteiger partial charge in [0.15, 0.2) is 5.76 Å². The summed E-state index contributed by atoms with van der Waals surface area (Å²) in [5, 5.41) is 12.3. The zero-order valence-electron chi connectivity index (χ0n) is 15.4. The summed E-state index contributed by atoms with van der Waals surface area (Å²) < 4.78 is 11.9. The summed E-state index contributed by atoms with van der Waals surface area (Å²) in [6.07, 6.45) is 11.7. The second-order valence-corrected chi connectivity index (χ2v) is 7.73. The molecule has 1 amide bonds. The van der Waals surface area contributed by atoms with Gasteiger partial charge >= 0.3 is 0 Å². The van der Waals surface area contributed by atoms with E-state index in [-0.39, 0.29) is 24.7 Å². The van der Waals surface area contributed by atoms with Crippen molar-refractivity contribution < 1.29 is 19.4 Å². The number of allylic oxidation sites excluding steroid dienone is 1. The van der Waals surface area contributed by atoms with Crippen molar-refractivity contribution in [3.8, 4) is 0 Å². The Labute approximate surface area is 151 Å². The van der Waals surface area contributed by atoms with E-state index in [1.165, 1.54) is 32.1 Å². The summed E-state index contributed by atoms with van der Waals surface area (Å²) in [6.45, 7) is 2.71. The van der Waals surface area contributed by atoms with Crippen LogP contribution >= 0.6 is 0 Å². The maximum Gasteiger partial charge on any atom is 0.286 e. The van der Waals surface area contributed by atoms with Crippen molar-refractivity contribution in [1.29, 1.82) is 0 Å². The van der Waals surface area contributed by atoms with Crippen LogP contribution < -0.4 is 5.32 Å². The average molecular weight is 351 g/mol. The van der Waals surface area contributed by atoms with E-state index in [9.17, 15) is 9.90 Å². The van der Waals surface area contributed by atoms with Gasteiger partial charge in [0.1, 0.15) is 0 Å². The van der Waals surface area contributed by atoms with Crippen LogP contribution in [0.2, 0.25) is 0 Å². The third-order valence-corrected chi connectivity index (χ3v) is 5.79. The molecule has 5 heteroatoms. The Morgan fingerprint density at radius 3 is 2.68 bits per heavy atom. The van der Waals surface area contributed by atoms with Gasteiger partial charge in [-0.3, -0.25) is 4.79 Å². The van der Waals surface area contributed by atoms with Gasteiger partial charge in [-0.2, -0.15) is 0 Å². The smallest absolute Gasteiger partial charge is 0.286 e. The molecule has 2 aliphatic carbocycles. The Kier molecular flexibility index (Phi) is 6.77. The lowest BCUT2D eigenvalue weighted by atomic mass is 9.71. The molecule has 3 atom stereocenters. The number of hydrogen-bond acceptors (Lipinski definition) is 4. The predicted molar refractivity (Wildman–Crippen MR) is 95.6 cm³/mol. The van der Waals surface area contributed by atoms with Crippen LogP contribution in [0.15, 0.2) is 11.8 Å². The Morgan fingerprint density at radius 1 is 1.28 bits per heavy atom. The first-order valence-electron chi connectivity index (χ1n) is 10.1. The lowest BCUT2D eigenvalue weighted by Gasteiger charge is -2.41. The fraction of sp³-hybridized carbons (Fsp3) is 0.850. The molecule has 0 saturated heterocycles. The Hall–Kier alpha value is -1.07. The Balaban J connectivity index is 1.79. The first kappa shape index (κ1) is 18.7. The van der Waals surface area contributed by atoms with Crippen LogP contribution in [0.25, 0.3) is 0 Å². The molecule has 0 bridgehead atoms. The monoisotopic (exact) mass is 351 g/mol. The van der Waals surface area contributed by atoms with Crippen LogP contribution in [-0.4, -0.2) is 36.6 Å². The zero-order chi connectivity index (χ0) is 17.6. The number of nitrogens with one attached hydrogen (secondary N) is 1. The number of hydrogen-bond donors (Lipinski definition) is 2. The standard InChI is InChI=1S/C20H33NO4/c1-2-24-20-16(9-6-12-22)17(14-7-4-3-5-8-14)13-18(25-20)19(23)21-15-10-11-15/h13-17,20,22H,2-12H2,1H3,(H,21,23)/t16-,17+,20+/m1/s1. The number of aliphatic hydroxyl groups is 1. The van der Waals surface area contributed by atoms with Crippen LogP contribution in [0.1, 0.15) is 64.7 Å². The molecule has 1 aliphatic heterocycles. The van der Waals surface area contributed by atoms with Crippen molar-refractivity contribution >= 4 is 5.91 Å². The molecule has 2 saturated carbocycles. The molecule has 0 aromatic carbocycles. The minimum absolute atomic E-state index is 0.0892. The van der Waals surface area contributed by atoms with Gasteiger partial charge < -0.3 is 19.9 Å². The highest BCUT2D eigenvalue weighted by Gasteiger charge is 2.41. The number of aliphatic hydroxyl groups excluding tert-OH is 1. The largest absolute Gasteiger partial charge is 0.459 e. The number of carbonyl (C=O) groups is 1. The molecule has 2 fully saturated rings. The molecular formula is C20H33NO4. The van der Waals surface area contributed by atoms with E-state index in [0.717, 1.165) is 25.7 Å². The predicted octanol–water partition coefficient (Wildman–Crippen LogP) is 3.13. The second-order valence-electron chi connectivity index (χ2n) is 7.73. The van der Waals surface area contributed by atoms with E-state index >= 15 is 0 Å². The van der Waals surface area contributed by atoms with Crippen LogP contribution in [-0.2, 0) is 14.3 Å². The Morgan fingerprint density at radius 2 is 2.04 bits per heavy atom. The SMILES string of the molecule is CCO[C@H]1OC(C(=O)NC2CC2)=C[C@@H](C2CCCCC2)[C@H]1CCCO. The summed E-state index contributed by atoms with van der Waals surface area (Å²) in [4.78, 5) is 12.5. The molecule has 0 unspecified atom stereocenters. The maximum atomic E-state index is 12.5. The molecule has 0 radical (unpaired) electrons. The fourth-order valence-electron chi connectivity index (χ4n) is 4.33.